The molecule has 0 radical (unpaired) electrons. The van der Waals surface area contributed by atoms with Crippen LogP contribution < -0.4 is 0 Å². The highest BCUT2D eigenvalue weighted by atomic mass is 31.2. The van der Waals surface area contributed by atoms with Crippen molar-refractivity contribution in [3.8, 4) is 0 Å². The number of aliphatic hydroxyl groups excluding tert-OH is 3. The van der Waals surface area contributed by atoms with E-state index in [-0.39, 0.29) is 19.4 Å². The first-order valence-corrected chi connectivity index (χ1v) is 23.2. The van der Waals surface area contributed by atoms with E-state index in [1.54, 1.807) is 0 Å². The molecule has 11 nitrogen and oxygen atoms in total. The number of hydrogen-bond donors (Lipinski definition) is 4. The number of esters is 2. The van der Waals surface area contributed by atoms with Crippen LogP contribution in [-0.2, 0) is 32.7 Å². The van der Waals surface area contributed by atoms with Gasteiger partial charge in [-0.05, 0) is 57.8 Å². The summed E-state index contributed by atoms with van der Waals surface area (Å²) < 4.78 is 32.6. The Hall–Kier alpha value is -2.11. The molecule has 0 aromatic heterocycles. The van der Waals surface area contributed by atoms with Crippen LogP contribution in [0.1, 0.15) is 174 Å². The lowest BCUT2D eigenvalue weighted by atomic mass is 10.1. The number of phosphoric acid groups is 1. The predicted molar refractivity (Wildman–Crippen MR) is 225 cm³/mol. The average molecular weight is 815 g/mol. The molecule has 4 N–H and O–H groups in total. The van der Waals surface area contributed by atoms with Crippen molar-refractivity contribution in [2.45, 2.75) is 193 Å². The number of allylic oxidation sites excluding steroid dienone is 7. The molecule has 0 bridgehead atoms. The largest absolute Gasteiger partial charge is 0.472 e. The summed E-state index contributed by atoms with van der Waals surface area (Å²) >= 11 is 0. The number of aliphatic hydroxyl groups is 3. The third kappa shape index (κ3) is 38.7. The summed E-state index contributed by atoms with van der Waals surface area (Å²) in [5, 5.41) is 28.4. The molecule has 0 spiro atoms. The molecule has 0 rings (SSSR count). The summed E-state index contributed by atoms with van der Waals surface area (Å²) in [6.07, 6.45) is 38.2. The van der Waals surface area contributed by atoms with Crippen molar-refractivity contribution in [2.24, 2.45) is 0 Å². The normalized spacial score (nSPS) is 14.9. The third-order valence-corrected chi connectivity index (χ3v) is 10.0. The second kappa shape index (κ2) is 39.7. The SMILES string of the molecule is CCCCCCCC/C=C\CCCCCCCC(=O)OCC(COP(=O)(O)OCC(O)CO)OC(=O)CCC/C=C\C/C=C\C=C/C(O)CCCCCCCC. The zero-order valence-corrected chi connectivity index (χ0v) is 35.8. The minimum atomic E-state index is -4.65. The molecule has 12 heteroatoms. The molecule has 0 aromatic carbocycles. The lowest BCUT2D eigenvalue weighted by Crippen LogP contribution is -2.29. The number of unbranched alkanes of at least 4 members (excludes halogenated alkanes) is 17. The Morgan fingerprint density at radius 2 is 1.14 bits per heavy atom. The smallest absolute Gasteiger partial charge is 0.462 e. The van der Waals surface area contributed by atoms with E-state index in [4.69, 9.17) is 19.1 Å². The number of ether oxygens (including phenoxy) is 2. The van der Waals surface area contributed by atoms with Crippen LogP contribution in [-0.4, -0.2) is 76.9 Å². The van der Waals surface area contributed by atoms with Crippen LogP contribution in [0.25, 0.3) is 0 Å². The van der Waals surface area contributed by atoms with E-state index >= 15 is 0 Å². The highest BCUT2D eigenvalue weighted by Crippen LogP contribution is 2.43. The first-order valence-electron chi connectivity index (χ1n) is 21.7. The Kier molecular flexibility index (Phi) is 38.2. The van der Waals surface area contributed by atoms with Crippen LogP contribution in [0.2, 0.25) is 0 Å². The number of carbonyl (C=O) groups is 2. The quantitative estimate of drug-likeness (QED) is 0.0153. The molecule has 0 aromatic rings. The second-order valence-electron chi connectivity index (χ2n) is 14.6. The third-order valence-electron chi connectivity index (χ3n) is 9.06. The maximum Gasteiger partial charge on any atom is 0.472 e. The fraction of sp³-hybridized carbons (Fsp3) is 0.773. The second-order valence-corrected chi connectivity index (χ2v) is 16.0. The summed E-state index contributed by atoms with van der Waals surface area (Å²) in [6.45, 7) is 2.20. The van der Waals surface area contributed by atoms with Gasteiger partial charge < -0.3 is 29.7 Å². The van der Waals surface area contributed by atoms with E-state index in [0.29, 0.717) is 25.7 Å². The van der Waals surface area contributed by atoms with E-state index < -0.39 is 57.9 Å². The molecule has 0 saturated carbocycles. The Morgan fingerprint density at radius 1 is 0.607 bits per heavy atom. The minimum Gasteiger partial charge on any atom is -0.462 e. The van der Waals surface area contributed by atoms with Crippen molar-refractivity contribution in [1.82, 2.24) is 0 Å². The fourth-order valence-electron chi connectivity index (χ4n) is 5.64. The van der Waals surface area contributed by atoms with Crippen LogP contribution in [0.3, 0.4) is 0 Å². The van der Waals surface area contributed by atoms with Gasteiger partial charge in [-0.25, -0.2) is 4.57 Å². The Bertz CT molecular complexity index is 1090. The summed E-state index contributed by atoms with van der Waals surface area (Å²) in [5.74, 6) is -1.04. The van der Waals surface area contributed by atoms with Gasteiger partial charge in [0, 0.05) is 12.8 Å². The summed E-state index contributed by atoms with van der Waals surface area (Å²) in [7, 11) is -4.65. The molecule has 0 saturated heterocycles. The van der Waals surface area contributed by atoms with E-state index in [1.165, 1.54) is 64.2 Å². The van der Waals surface area contributed by atoms with Crippen LogP contribution in [0.4, 0.5) is 0 Å². The molecule has 56 heavy (non-hydrogen) atoms. The Balaban J connectivity index is 4.47. The van der Waals surface area contributed by atoms with Crippen molar-refractivity contribution >= 4 is 19.8 Å². The lowest BCUT2D eigenvalue weighted by Gasteiger charge is -2.20. The highest BCUT2D eigenvalue weighted by Gasteiger charge is 2.27. The molecule has 0 amide bonds. The van der Waals surface area contributed by atoms with Crippen LogP contribution in [0, 0.1) is 0 Å². The van der Waals surface area contributed by atoms with Gasteiger partial charge in [-0.15, -0.1) is 0 Å². The molecule has 0 aliphatic carbocycles. The summed E-state index contributed by atoms with van der Waals surface area (Å²) in [4.78, 5) is 34.9. The van der Waals surface area contributed by atoms with Gasteiger partial charge in [0.1, 0.15) is 12.7 Å². The Morgan fingerprint density at radius 3 is 1.79 bits per heavy atom. The molecule has 4 unspecified atom stereocenters. The maximum absolute atomic E-state index is 12.6. The zero-order valence-electron chi connectivity index (χ0n) is 35.0. The van der Waals surface area contributed by atoms with E-state index in [9.17, 15) is 29.3 Å². The van der Waals surface area contributed by atoms with Gasteiger partial charge in [0.25, 0.3) is 0 Å². The molecule has 0 heterocycles. The van der Waals surface area contributed by atoms with E-state index in [2.05, 4.69) is 30.5 Å². The van der Waals surface area contributed by atoms with Gasteiger partial charge in [0.05, 0.1) is 25.9 Å². The van der Waals surface area contributed by atoms with Crippen molar-refractivity contribution in [2.75, 3.05) is 26.4 Å². The van der Waals surface area contributed by atoms with Gasteiger partial charge in [-0.3, -0.25) is 18.6 Å². The van der Waals surface area contributed by atoms with Crippen LogP contribution in [0.5, 0.6) is 0 Å². The summed E-state index contributed by atoms with van der Waals surface area (Å²) in [5.41, 5.74) is 0. The van der Waals surface area contributed by atoms with Gasteiger partial charge in [-0.1, -0.05) is 152 Å². The zero-order chi connectivity index (χ0) is 41.4. The molecule has 4 atom stereocenters. The first-order chi connectivity index (χ1) is 27.1. The topological polar surface area (TPSA) is 169 Å². The molecule has 0 aliphatic heterocycles. The molecule has 326 valence electrons. The van der Waals surface area contributed by atoms with Crippen molar-refractivity contribution < 1.29 is 52.9 Å². The molecular weight excluding hydrogens is 735 g/mol. The Labute approximate surface area is 339 Å². The monoisotopic (exact) mass is 815 g/mol. The average Bonchev–Trinajstić information content (AvgIpc) is 3.18. The number of hydrogen-bond acceptors (Lipinski definition) is 10. The number of carbonyl (C=O) groups excluding carboxylic acids is 2. The van der Waals surface area contributed by atoms with E-state index in [0.717, 1.165) is 57.8 Å². The fourth-order valence-corrected chi connectivity index (χ4v) is 6.43. The maximum atomic E-state index is 12.6. The first kappa shape index (κ1) is 53.9. The molecular formula is C44H79O11P. The minimum absolute atomic E-state index is 0.0781. The van der Waals surface area contributed by atoms with Gasteiger partial charge in [0.15, 0.2) is 6.10 Å². The van der Waals surface area contributed by atoms with Crippen molar-refractivity contribution in [1.29, 1.82) is 0 Å². The van der Waals surface area contributed by atoms with Crippen molar-refractivity contribution in [3.05, 3.63) is 48.6 Å². The predicted octanol–water partition coefficient (Wildman–Crippen LogP) is 10.3. The van der Waals surface area contributed by atoms with Gasteiger partial charge >= 0.3 is 19.8 Å². The van der Waals surface area contributed by atoms with Crippen molar-refractivity contribution in [3.63, 3.8) is 0 Å². The molecule has 0 fully saturated rings. The number of rotatable bonds is 40. The highest BCUT2D eigenvalue weighted by molar-refractivity contribution is 7.47. The molecule has 0 aliphatic rings. The van der Waals surface area contributed by atoms with Gasteiger partial charge in [0.2, 0.25) is 0 Å². The number of phosphoric ester groups is 1. The van der Waals surface area contributed by atoms with Crippen LogP contribution in [0.15, 0.2) is 48.6 Å². The summed E-state index contributed by atoms with van der Waals surface area (Å²) in [6, 6.07) is 0. The van der Waals surface area contributed by atoms with Gasteiger partial charge in [-0.2, -0.15) is 0 Å². The standard InChI is InChI=1S/C44H79O11P/c1-3-5-7-9-11-12-13-14-15-16-17-18-22-26-30-34-43(48)52-38-42(39-54-56(50,51)53-37-41(47)36-45)55-44(49)35-31-27-23-20-19-21-25-29-33-40(46)32-28-24-10-8-6-4-2/h14-15,20-21,23,25,29,33,40-42,45-47H,3-13,16-19,22,24,26-28,30-32,34-39H2,1-2H3,(H,50,51)/b15-14-,23-20-,25-21-,33-29-. The lowest BCUT2D eigenvalue weighted by molar-refractivity contribution is -0.161. The van der Waals surface area contributed by atoms with E-state index in [1.807, 2.05) is 36.5 Å². The van der Waals surface area contributed by atoms with Crippen LogP contribution >= 0.6 is 7.82 Å².